The van der Waals surface area contributed by atoms with Crippen LogP contribution in [0, 0.1) is 0 Å². The number of benzene rings is 6. The first-order valence-corrected chi connectivity index (χ1v) is 28.9. The third-order valence-corrected chi connectivity index (χ3v) is 19.9. The molecule has 1 aromatic heterocycles. The number of fused-ring (bicyclic) bond motifs is 10. The molecule has 0 spiro atoms. The van der Waals surface area contributed by atoms with Crippen LogP contribution in [0.2, 0.25) is 0 Å². The predicted octanol–water partition coefficient (Wildman–Crippen LogP) is 17.6. The molecule has 388 valence electrons. The Balaban J connectivity index is 1.27. The predicted molar refractivity (Wildman–Crippen MR) is 323 cm³/mol. The van der Waals surface area contributed by atoms with Crippen molar-refractivity contribution in [1.29, 1.82) is 0 Å². The molecule has 2 aliphatic carbocycles. The number of aryl methyl sites for hydroxylation is 2. The van der Waals surface area contributed by atoms with E-state index >= 15 is 0 Å². The maximum atomic E-state index is 7.68. The van der Waals surface area contributed by atoms with Gasteiger partial charge in [-0.3, -0.25) is 0 Å². The molecule has 75 heavy (non-hydrogen) atoms. The Morgan fingerprint density at radius 2 is 1.12 bits per heavy atom. The normalized spacial score (nSPS) is 21.4. The van der Waals surface area contributed by atoms with Crippen molar-refractivity contribution in [1.82, 2.24) is 0 Å². The molecule has 4 nitrogen and oxygen atoms in total. The minimum atomic E-state index is -0.159. The van der Waals surface area contributed by atoms with Crippen LogP contribution in [0.1, 0.15) is 201 Å². The molecular weight excluding hydrogens is 910 g/mol. The standard InChI is InChI=1S/C70H84BN3O/c1-18-43-34-51-60(35-44(43)19-2)75-63-62(51)73(48-27-28-52-54(40-48)68(14,15)33-32-67(52,12)13)59-42-50(74-56-25-21-20-24-53(56)69(16)30-22-23-31-70(69,74)17)41-58-61(59)71(63)55-39-45(64(3,4)5)26-29-57(55)72(58)49-37-46(65(6,7)8)36-47(38-49)66(9,10)11/h20-21,24-29,34-42H,18-19,22-23,30-33H2,1-17H3. The van der Waals surface area contributed by atoms with Crippen LogP contribution in [0.3, 0.4) is 0 Å². The van der Waals surface area contributed by atoms with Crippen molar-refractivity contribution in [2.75, 3.05) is 14.7 Å². The Hall–Kier alpha value is -5.68. The molecule has 0 amide bonds. The van der Waals surface area contributed by atoms with E-state index in [-0.39, 0.29) is 44.7 Å². The molecule has 0 bridgehead atoms. The number of anilines is 8. The lowest BCUT2D eigenvalue weighted by Crippen LogP contribution is -2.61. The fourth-order valence-corrected chi connectivity index (χ4v) is 14.8. The van der Waals surface area contributed by atoms with Crippen molar-refractivity contribution in [3.05, 3.63) is 148 Å². The minimum Gasteiger partial charge on any atom is -0.468 e. The van der Waals surface area contributed by atoms with Gasteiger partial charge < -0.3 is 19.1 Å². The Bertz CT molecular complexity index is 3460. The summed E-state index contributed by atoms with van der Waals surface area (Å²) in [6, 6.07) is 42.1. The van der Waals surface area contributed by atoms with Crippen molar-refractivity contribution in [2.45, 2.75) is 207 Å². The second kappa shape index (κ2) is 16.4. The molecule has 12 rings (SSSR count). The van der Waals surface area contributed by atoms with Crippen molar-refractivity contribution in [2.24, 2.45) is 0 Å². The van der Waals surface area contributed by atoms with Gasteiger partial charge in [0.25, 0.3) is 6.71 Å². The molecule has 2 unspecified atom stereocenters. The lowest BCUT2D eigenvalue weighted by atomic mass is 9.35. The zero-order chi connectivity index (χ0) is 53.3. The second-order valence-electron chi connectivity index (χ2n) is 28.6. The van der Waals surface area contributed by atoms with E-state index in [1.54, 1.807) is 0 Å². The van der Waals surface area contributed by atoms with E-state index in [1.807, 2.05) is 0 Å². The zero-order valence-electron chi connectivity index (χ0n) is 48.8. The summed E-state index contributed by atoms with van der Waals surface area (Å²) < 4.78 is 7.68. The molecule has 6 aromatic carbocycles. The maximum absolute atomic E-state index is 7.68. The molecule has 5 heteroatoms. The Morgan fingerprint density at radius 1 is 0.507 bits per heavy atom. The van der Waals surface area contributed by atoms with Gasteiger partial charge in [-0.25, -0.2) is 0 Å². The summed E-state index contributed by atoms with van der Waals surface area (Å²) in [7, 11) is 0. The van der Waals surface area contributed by atoms with Gasteiger partial charge in [0.15, 0.2) is 0 Å². The summed E-state index contributed by atoms with van der Waals surface area (Å²) in [6.07, 6.45) is 9.05. The maximum Gasteiger partial charge on any atom is 0.297 e. The molecule has 3 aliphatic heterocycles. The van der Waals surface area contributed by atoms with Gasteiger partial charge in [0.2, 0.25) is 0 Å². The van der Waals surface area contributed by atoms with Crippen molar-refractivity contribution >= 4 is 79.8 Å². The van der Waals surface area contributed by atoms with Crippen LogP contribution in [0.5, 0.6) is 0 Å². The third kappa shape index (κ3) is 7.34. The largest absolute Gasteiger partial charge is 0.468 e. The average molecular weight is 994 g/mol. The molecule has 0 radical (unpaired) electrons. The highest BCUT2D eigenvalue weighted by atomic mass is 16.3. The number of rotatable bonds is 5. The van der Waals surface area contributed by atoms with E-state index in [2.05, 4.69) is 236 Å². The van der Waals surface area contributed by atoms with E-state index in [9.17, 15) is 0 Å². The van der Waals surface area contributed by atoms with Crippen molar-refractivity contribution in [3.8, 4) is 0 Å². The molecule has 0 saturated heterocycles. The topological polar surface area (TPSA) is 22.9 Å². The first-order chi connectivity index (χ1) is 35.2. The smallest absolute Gasteiger partial charge is 0.297 e. The van der Waals surface area contributed by atoms with E-state index < -0.39 is 0 Å². The highest BCUT2D eigenvalue weighted by Gasteiger charge is 2.58. The third-order valence-electron chi connectivity index (χ3n) is 19.9. The molecule has 7 aromatic rings. The summed E-state index contributed by atoms with van der Waals surface area (Å²) in [4.78, 5) is 8.19. The molecule has 4 heterocycles. The molecule has 5 aliphatic rings. The van der Waals surface area contributed by atoms with Crippen molar-refractivity contribution < 1.29 is 4.42 Å². The number of nitrogens with zero attached hydrogens (tertiary/aromatic N) is 3. The Morgan fingerprint density at radius 3 is 1.77 bits per heavy atom. The van der Waals surface area contributed by atoms with Gasteiger partial charge >= 0.3 is 0 Å². The lowest BCUT2D eigenvalue weighted by molar-refractivity contribution is 0.195. The van der Waals surface area contributed by atoms with E-state index in [1.165, 1.54) is 132 Å². The fraction of sp³-hybridized carbons (Fsp3) is 0.457. The quantitative estimate of drug-likeness (QED) is 0.160. The van der Waals surface area contributed by atoms with Crippen LogP contribution in [0.15, 0.2) is 108 Å². The fourth-order valence-electron chi connectivity index (χ4n) is 14.8. The first-order valence-electron chi connectivity index (χ1n) is 28.9. The summed E-state index contributed by atoms with van der Waals surface area (Å²) in [6.45, 7) is 40.8. The van der Waals surface area contributed by atoms with Gasteiger partial charge in [0.05, 0.1) is 16.9 Å². The minimum absolute atomic E-state index is 0.00611. The van der Waals surface area contributed by atoms with Gasteiger partial charge in [0.1, 0.15) is 5.58 Å². The molecule has 1 saturated carbocycles. The number of hydrogen-bond acceptors (Lipinski definition) is 4. The van der Waals surface area contributed by atoms with Gasteiger partial charge in [0, 0.05) is 50.6 Å². The van der Waals surface area contributed by atoms with E-state index in [4.69, 9.17) is 4.42 Å². The van der Waals surface area contributed by atoms with Crippen LogP contribution in [-0.2, 0) is 45.3 Å². The van der Waals surface area contributed by atoms with Crippen LogP contribution < -0.4 is 31.3 Å². The molecular formula is C70H84BN3O. The van der Waals surface area contributed by atoms with Gasteiger partial charge in [-0.2, -0.15) is 0 Å². The summed E-state index contributed by atoms with van der Waals surface area (Å²) in [5.74, 6) is 0. The Labute approximate surface area is 451 Å². The molecule has 0 N–H and O–H groups in total. The zero-order valence-corrected chi connectivity index (χ0v) is 48.8. The van der Waals surface area contributed by atoms with E-state index in [0.29, 0.717) is 0 Å². The number of para-hydroxylation sites is 1. The number of furan rings is 1. The van der Waals surface area contributed by atoms with Crippen LogP contribution in [0.4, 0.5) is 45.5 Å². The first kappa shape index (κ1) is 50.2. The second-order valence-corrected chi connectivity index (χ2v) is 28.6. The monoisotopic (exact) mass is 994 g/mol. The van der Waals surface area contributed by atoms with Gasteiger partial charge in [-0.15, -0.1) is 0 Å². The summed E-state index contributed by atoms with van der Waals surface area (Å²) in [5.41, 5.74) is 25.6. The number of hydrogen-bond donors (Lipinski definition) is 0. The van der Waals surface area contributed by atoms with Crippen LogP contribution in [0.25, 0.3) is 11.0 Å². The van der Waals surface area contributed by atoms with Crippen LogP contribution in [-0.4, -0.2) is 12.3 Å². The SMILES string of the molecule is CCc1cc2oc3c(c2cc1CC)N(c1ccc2c(c1)C(C)(C)CCC2(C)C)c1cc(N2c4ccccc4C4(C)CCCCC24C)cc2c1B3c1cc(C(C)(C)C)ccc1N2c1cc(C(C)(C)C)cc(C(C)(C)C)c1. The molecule has 1 fully saturated rings. The highest BCUT2D eigenvalue weighted by molar-refractivity contribution is 7.00. The van der Waals surface area contributed by atoms with Gasteiger partial charge in [-0.05, 0) is 189 Å². The molecule has 2 atom stereocenters. The summed E-state index contributed by atoms with van der Waals surface area (Å²) in [5, 5.41) is 1.20. The summed E-state index contributed by atoms with van der Waals surface area (Å²) >= 11 is 0. The average Bonchev–Trinajstić information content (AvgIpc) is 4.02. The van der Waals surface area contributed by atoms with Gasteiger partial charge in [-0.1, -0.05) is 166 Å². The highest BCUT2D eigenvalue weighted by Crippen LogP contribution is 2.62. The lowest BCUT2D eigenvalue weighted by Gasteiger charge is -2.51. The van der Waals surface area contributed by atoms with E-state index in [0.717, 1.165) is 36.9 Å². The Kier molecular flexibility index (Phi) is 11.0. The van der Waals surface area contributed by atoms with Crippen LogP contribution >= 0.6 is 0 Å². The van der Waals surface area contributed by atoms with Crippen molar-refractivity contribution in [3.63, 3.8) is 0 Å².